The van der Waals surface area contributed by atoms with Gasteiger partial charge in [-0.25, -0.2) is 5.01 Å². The van der Waals surface area contributed by atoms with Gasteiger partial charge in [0, 0.05) is 11.0 Å². The van der Waals surface area contributed by atoms with Crippen molar-refractivity contribution in [1.82, 2.24) is 10.3 Å². The van der Waals surface area contributed by atoms with Gasteiger partial charge in [-0.3, -0.25) is 15.1 Å². The Labute approximate surface area is 225 Å². The number of carbonyl (C=O) groups excluding carboxylic acids is 1. The Bertz CT molecular complexity index is 1620. The second-order valence-corrected chi connectivity index (χ2v) is 10.2. The molecule has 0 unspecified atom stereocenters. The van der Waals surface area contributed by atoms with Gasteiger partial charge in [0.1, 0.15) is 18.1 Å². The molecule has 0 fully saturated rings. The Balaban J connectivity index is 1.29. The quantitative estimate of drug-likeness (QED) is 0.404. The molecule has 2 aliphatic rings. The third kappa shape index (κ3) is 5.06. The van der Waals surface area contributed by atoms with Crippen LogP contribution in [0.5, 0.6) is 5.75 Å². The van der Waals surface area contributed by atoms with Crippen molar-refractivity contribution in [3.05, 3.63) is 136 Å². The number of fused-ring (bicyclic) bond motifs is 2. The van der Waals surface area contributed by atoms with Gasteiger partial charge in [-0.05, 0) is 41.8 Å². The van der Waals surface area contributed by atoms with Gasteiger partial charge in [0.15, 0.2) is 11.3 Å². The van der Waals surface area contributed by atoms with Crippen LogP contribution < -0.4 is 20.6 Å². The zero-order chi connectivity index (χ0) is 25.9. The predicted octanol–water partition coefficient (Wildman–Crippen LogP) is 4.65. The van der Waals surface area contributed by atoms with Gasteiger partial charge < -0.3 is 4.74 Å². The lowest BCUT2D eigenvalue weighted by Gasteiger charge is -2.34. The van der Waals surface area contributed by atoms with Crippen LogP contribution in [0.25, 0.3) is 5.70 Å². The molecule has 0 saturated carbocycles. The Kier molecular flexibility index (Phi) is 6.67. The summed E-state index contributed by atoms with van der Waals surface area (Å²) in [6.45, 7) is 2.57. The number of benzene rings is 4. The van der Waals surface area contributed by atoms with Crippen molar-refractivity contribution in [1.29, 1.82) is 0 Å². The van der Waals surface area contributed by atoms with Gasteiger partial charge in [0.05, 0.1) is 5.36 Å². The summed E-state index contributed by atoms with van der Waals surface area (Å²) in [6.07, 6.45) is -0.468. The fourth-order valence-electron chi connectivity index (χ4n) is 4.42. The average molecular weight is 519 g/mol. The molecule has 0 aliphatic carbocycles. The first-order chi connectivity index (χ1) is 18.6. The fraction of sp³-hybridized carbons (Fsp3) is 0.129. The standard InChI is InChI=1S/C31H26N4O2S/c1-21-11-13-23(14-12-21)20-38-31-33-30(36)28-26-9-5-6-10-27(26)32-29(35(28)34-31)24-15-17-25(18-16-24)37-19-22-7-3-2-4-8-22/h2-18,29H,19-20H2,1H3,(H,33,34,36)/t29-/m1/s1. The van der Waals surface area contributed by atoms with Crippen molar-refractivity contribution in [2.75, 3.05) is 0 Å². The number of rotatable bonds is 6. The van der Waals surface area contributed by atoms with Crippen LogP contribution in [0.15, 0.2) is 113 Å². The van der Waals surface area contributed by atoms with Crippen LogP contribution in [-0.4, -0.2) is 16.1 Å². The molecule has 0 aromatic heterocycles. The van der Waals surface area contributed by atoms with Crippen LogP contribution in [0.1, 0.15) is 28.4 Å². The highest BCUT2D eigenvalue weighted by molar-refractivity contribution is 8.13. The summed E-state index contributed by atoms with van der Waals surface area (Å²) in [5.41, 5.74) is 4.92. The monoisotopic (exact) mass is 518 g/mol. The van der Waals surface area contributed by atoms with E-state index in [1.807, 2.05) is 78.9 Å². The van der Waals surface area contributed by atoms with E-state index in [0.717, 1.165) is 27.5 Å². The highest BCUT2D eigenvalue weighted by atomic mass is 32.2. The second kappa shape index (κ2) is 10.6. The topological polar surface area (TPSA) is 66.3 Å². The molecular weight excluding hydrogens is 492 g/mol. The molecule has 6 rings (SSSR count). The number of para-hydroxylation sites is 1. The van der Waals surface area contributed by atoms with Crippen LogP contribution in [0.2, 0.25) is 0 Å². The van der Waals surface area contributed by atoms with Crippen LogP contribution in [0.4, 0.5) is 0 Å². The van der Waals surface area contributed by atoms with Gasteiger partial charge in [-0.15, -0.1) is 5.10 Å². The summed E-state index contributed by atoms with van der Waals surface area (Å²) in [5, 5.41) is 11.7. The van der Waals surface area contributed by atoms with E-state index in [4.69, 9.17) is 14.8 Å². The van der Waals surface area contributed by atoms with Crippen molar-refractivity contribution in [3.8, 4) is 5.75 Å². The third-order valence-corrected chi connectivity index (χ3v) is 7.37. The number of nitrogens with one attached hydrogen (secondary N) is 1. The largest absolute Gasteiger partial charge is 0.489 e. The van der Waals surface area contributed by atoms with Gasteiger partial charge in [-0.2, -0.15) is 0 Å². The summed E-state index contributed by atoms with van der Waals surface area (Å²) in [7, 11) is 0. The van der Waals surface area contributed by atoms with Gasteiger partial charge >= 0.3 is 0 Å². The zero-order valence-corrected chi connectivity index (χ0v) is 21.7. The molecule has 0 saturated heterocycles. The van der Waals surface area contributed by atoms with Crippen LogP contribution in [0, 0.1) is 6.92 Å². The number of amides is 1. The van der Waals surface area contributed by atoms with Crippen molar-refractivity contribution in [3.63, 3.8) is 0 Å². The SMILES string of the molecule is Cc1ccc(CSC2=NN3C(=c4ccccc4=N[C@H]3c3ccc(OCc4ccccc4)cc3)C(=O)N2)cc1. The lowest BCUT2D eigenvalue weighted by Crippen LogP contribution is -2.50. The van der Waals surface area contributed by atoms with E-state index in [-0.39, 0.29) is 5.91 Å². The molecule has 6 nitrogen and oxygen atoms in total. The van der Waals surface area contributed by atoms with Gasteiger partial charge in [-0.1, -0.05) is 102 Å². The number of amidine groups is 1. The smallest absolute Gasteiger partial charge is 0.276 e. The van der Waals surface area contributed by atoms with E-state index in [2.05, 4.69) is 36.5 Å². The van der Waals surface area contributed by atoms with Crippen molar-refractivity contribution in [2.24, 2.45) is 10.1 Å². The molecule has 188 valence electrons. The number of aryl methyl sites for hydroxylation is 1. The highest BCUT2D eigenvalue weighted by Crippen LogP contribution is 2.32. The molecule has 38 heavy (non-hydrogen) atoms. The maximum absolute atomic E-state index is 13.4. The summed E-state index contributed by atoms with van der Waals surface area (Å²) < 4.78 is 5.97. The van der Waals surface area contributed by atoms with Gasteiger partial charge in [0.2, 0.25) is 0 Å². The first kappa shape index (κ1) is 24.0. The predicted molar refractivity (Wildman–Crippen MR) is 150 cm³/mol. The lowest BCUT2D eigenvalue weighted by molar-refractivity contribution is -0.116. The molecule has 0 radical (unpaired) electrons. The Hall–Kier alpha value is -4.36. The maximum Gasteiger partial charge on any atom is 0.276 e. The Morgan fingerprint density at radius 3 is 2.39 bits per heavy atom. The van der Waals surface area contributed by atoms with Crippen molar-refractivity contribution < 1.29 is 9.53 Å². The number of nitrogens with zero attached hydrogens (tertiary/aromatic N) is 3. The molecule has 2 heterocycles. The van der Waals surface area contributed by atoms with E-state index >= 15 is 0 Å². The van der Waals surface area contributed by atoms with E-state index in [1.165, 1.54) is 22.9 Å². The summed E-state index contributed by atoms with van der Waals surface area (Å²) in [5.74, 6) is 1.29. The molecule has 7 heteroatoms. The van der Waals surface area contributed by atoms with E-state index in [1.54, 1.807) is 5.01 Å². The van der Waals surface area contributed by atoms with Crippen LogP contribution >= 0.6 is 11.8 Å². The van der Waals surface area contributed by atoms with E-state index in [9.17, 15) is 4.79 Å². The molecule has 1 amide bonds. The highest BCUT2D eigenvalue weighted by Gasteiger charge is 2.34. The van der Waals surface area contributed by atoms with E-state index < -0.39 is 6.17 Å². The first-order valence-corrected chi connectivity index (χ1v) is 13.4. The number of ether oxygens (including phenoxy) is 1. The maximum atomic E-state index is 13.4. The minimum absolute atomic E-state index is 0.179. The molecule has 0 spiro atoms. The second-order valence-electron chi connectivity index (χ2n) is 9.19. The number of thioether (sulfide) groups is 1. The first-order valence-electron chi connectivity index (χ1n) is 12.5. The van der Waals surface area contributed by atoms with Crippen LogP contribution in [-0.2, 0) is 17.2 Å². The summed E-state index contributed by atoms with van der Waals surface area (Å²) in [4.78, 5) is 18.4. The van der Waals surface area contributed by atoms with Crippen molar-refractivity contribution >= 4 is 28.5 Å². The molecule has 4 aromatic rings. The Morgan fingerprint density at radius 1 is 0.868 bits per heavy atom. The molecule has 4 aromatic carbocycles. The molecule has 0 bridgehead atoms. The molecule has 1 N–H and O–H groups in total. The van der Waals surface area contributed by atoms with Crippen molar-refractivity contribution in [2.45, 2.75) is 25.4 Å². The third-order valence-electron chi connectivity index (χ3n) is 6.44. The number of hydrogen-bond acceptors (Lipinski definition) is 6. The van der Waals surface area contributed by atoms with Gasteiger partial charge in [0.25, 0.3) is 5.91 Å². The molecular formula is C31H26N4O2S. The lowest BCUT2D eigenvalue weighted by atomic mass is 10.1. The normalized spacial score (nSPS) is 16.1. The summed E-state index contributed by atoms with van der Waals surface area (Å²) >= 11 is 1.50. The Morgan fingerprint density at radius 2 is 1.61 bits per heavy atom. The number of hydrazone groups is 1. The summed E-state index contributed by atoms with van der Waals surface area (Å²) in [6, 6.07) is 34.0. The number of hydrogen-bond donors (Lipinski definition) is 1. The number of carbonyl (C=O) groups is 1. The van der Waals surface area contributed by atoms with E-state index in [0.29, 0.717) is 23.2 Å². The molecule has 2 aliphatic heterocycles. The fourth-order valence-corrected chi connectivity index (χ4v) is 5.23. The minimum atomic E-state index is -0.468. The minimum Gasteiger partial charge on any atom is -0.489 e. The van der Waals surface area contributed by atoms with Crippen LogP contribution in [0.3, 0.4) is 0 Å². The molecule has 1 atom stereocenters. The zero-order valence-electron chi connectivity index (χ0n) is 20.9. The average Bonchev–Trinajstić information content (AvgIpc) is 2.96.